The monoisotopic (exact) mass is 369 g/mol. The lowest BCUT2D eigenvalue weighted by molar-refractivity contribution is -0.129. The minimum atomic E-state index is -0.155. The summed E-state index contributed by atoms with van der Waals surface area (Å²) in [5, 5.41) is 7.47. The molecule has 8 nitrogen and oxygen atoms in total. The molecule has 2 bridgehead atoms. The molecule has 0 spiro atoms. The first-order valence-electron chi connectivity index (χ1n) is 9.51. The second-order valence-electron chi connectivity index (χ2n) is 7.79. The fraction of sp³-hybridized carbons (Fsp3) is 0.526. The molecule has 0 aliphatic carbocycles. The van der Waals surface area contributed by atoms with Crippen LogP contribution in [0.25, 0.3) is 11.0 Å². The Morgan fingerprint density at radius 2 is 2.26 bits per heavy atom. The van der Waals surface area contributed by atoms with E-state index in [2.05, 4.69) is 15.6 Å². The number of anilines is 1. The van der Waals surface area contributed by atoms with E-state index in [1.807, 2.05) is 11.9 Å². The van der Waals surface area contributed by atoms with Gasteiger partial charge < -0.3 is 24.9 Å². The van der Waals surface area contributed by atoms with Crippen molar-refractivity contribution in [2.75, 3.05) is 31.6 Å². The molecule has 5 rings (SSSR count). The number of hydrogen-bond acceptors (Lipinski definition) is 6. The van der Waals surface area contributed by atoms with E-state index in [-0.39, 0.29) is 17.9 Å². The van der Waals surface area contributed by atoms with Crippen molar-refractivity contribution in [3.8, 4) is 0 Å². The Labute approximate surface area is 156 Å². The van der Waals surface area contributed by atoms with Crippen molar-refractivity contribution in [2.45, 2.75) is 37.4 Å². The highest BCUT2D eigenvalue weighted by Gasteiger charge is 2.39. The number of carbonyl (C=O) groups is 2. The van der Waals surface area contributed by atoms with Gasteiger partial charge in [0.1, 0.15) is 12.0 Å². The molecule has 3 fully saturated rings. The molecular formula is C19H23N5O3. The fourth-order valence-corrected chi connectivity index (χ4v) is 4.48. The number of likely N-dealkylation sites (N-methyl/N-ethyl adjacent to an activating group) is 1. The van der Waals surface area contributed by atoms with Gasteiger partial charge in [-0.2, -0.15) is 0 Å². The zero-order chi connectivity index (χ0) is 18.5. The Morgan fingerprint density at radius 3 is 3.00 bits per heavy atom. The minimum absolute atomic E-state index is 0.0754. The minimum Gasteiger partial charge on any atom is -0.460 e. The zero-order valence-electron chi connectivity index (χ0n) is 15.3. The molecule has 3 aliphatic rings. The molecule has 5 heterocycles. The van der Waals surface area contributed by atoms with Crippen LogP contribution in [0.5, 0.6) is 0 Å². The topological polar surface area (TPSA) is 90.7 Å². The van der Waals surface area contributed by atoms with E-state index in [9.17, 15) is 9.59 Å². The van der Waals surface area contributed by atoms with Crippen LogP contribution in [-0.4, -0.2) is 66.5 Å². The van der Waals surface area contributed by atoms with Crippen molar-refractivity contribution in [3.63, 3.8) is 0 Å². The first-order valence-corrected chi connectivity index (χ1v) is 9.51. The van der Waals surface area contributed by atoms with Crippen molar-refractivity contribution < 1.29 is 14.0 Å². The Kier molecular flexibility index (Phi) is 3.82. The molecule has 8 heteroatoms. The van der Waals surface area contributed by atoms with Crippen LogP contribution >= 0.6 is 0 Å². The first-order chi connectivity index (χ1) is 13.1. The molecule has 3 atom stereocenters. The Hall–Kier alpha value is -2.61. The van der Waals surface area contributed by atoms with Crippen LogP contribution in [-0.2, 0) is 4.79 Å². The van der Waals surface area contributed by atoms with Crippen LogP contribution in [0.2, 0.25) is 0 Å². The second kappa shape index (κ2) is 6.23. The second-order valence-corrected chi connectivity index (χ2v) is 7.79. The number of furan rings is 1. The van der Waals surface area contributed by atoms with Crippen molar-refractivity contribution in [2.24, 2.45) is 0 Å². The number of amides is 2. The number of hydrogen-bond donors (Lipinski definition) is 2. The van der Waals surface area contributed by atoms with E-state index in [1.165, 1.54) is 6.42 Å². The van der Waals surface area contributed by atoms with Gasteiger partial charge in [0.15, 0.2) is 5.58 Å². The summed E-state index contributed by atoms with van der Waals surface area (Å²) in [6.07, 6.45) is 6.53. The van der Waals surface area contributed by atoms with Gasteiger partial charge in [0.05, 0.1) is 18.4 Å². The van der Waals surface area contributed by atoms with Gasteiger partial charge in [-0.3, -0.25) is 9.59 Å². The number of fused-ring (bicyclic) bond motifs is 3. The third-order valence-electron chi connectivity index (χ3n) is 6.09. The highest BCUT2D eigenvalue weighted by Crippen LogP contribution is 2.31. The van der Waals surface area contributed by atoms with E-state index in [4.69, 9.17) is 4.42 Å². The number of piperazine rings is 1. The van der Waals surface area contributed by atoms with E-state index in [0.29, 0.717) is 36.5 Å². The summed E-state index contributed by atoms with van der Waals surface area (Å²) < 4.78 is 5.60. The van der Waals surface area contributed by atoms with Crippen molar-refractivity contribution in [1.29, 1.82) is 0 Å². The maximum atomic E-state index is 12.7. The van der Waals surface area contributed by atoms with Crippen molar-refractivity contribution in [1.82, 2.24) is 20.5 Å². The van der Waals surface area contributed by atoms with Crippen LogP contribution in [0.3, 0.4) is 0 Å². The van der Waals surface area contributed by atoms with Crippen LogP contribution in [0, 0.1) is 0 Å². The maximum Gasteiger partial charge on any atom is 0.270 e. The van der Waals surface area contributed by atoms with Crippen molar-refractivity contribution >= 4 is 28.5 Å². The van der Waals surface area contributed by atoms with Crippen LogP contribution in [0.1, 0.15) is 29.8 Å². The Bertz CT molecular complexity index is 910. The molecule has 2 aromatic rings. The molecule has 0 radical (unpaired) electrons. The highest BCUT2D eigenvalue weighted by molar-refractivity contribution is 6.00. The Morgan fingerprint density at radius 1 is 1.37 bits per heavy atom. The van der Waals surface area contributed by atoms with Gasteiger partial charge >= 0.3 is 0 Å². The van der Waals surface area contributed by atoms with Gasteiger partial charge in [-0.15, -0.1) is 0 Å². The molecule has 0 unspecified atom stereocenters. The summed E-state index contributed by atoms with van der Waals surface area (Å²) in [5.74, 6) is -0.0794. The molecule has 2 aromatic heterocycles. The lowest BCUT2D eigenvalue weighted by atomic mass is 9.95. The molecule has 3 aliphatic heterocycles. The van der Waals surface area contributed by atoms with Crippen molar-refractivity contribution in [3.05, 3.63) is 24.2 Å². The summed E-state index contributed by atoms with van der Waals surface area (Å²) in [7, 11) is 1.81. The number of aromatic nitrogens is 1. The SMILES string of the molecule is CN1CCN(c2coc3cnc(C(=O)N[C@@H]4C[C@H]5CC[C@@H]4N5)cc23)CC1=O. The average Bonchev–Trinajstić information content (AvgIpc) is 3.38. The molecular weight excluding hydrogens is 346 g/mol. The van der Waals surface area contributed by atoms with Gasteiger partial charge in [-0.25, -0.2) is 4.98 Å². The molecule has 0 aromatic carbocycles. The summed E-state index contributed by atoms with van der Waals surface area (Å²) in [4.78, 5) is 32.8. The number of carbonyl (C=O) groups excluding carboxylic acids is 2. The molecule has 2 N–H and O–H groups in total. The number of nitrogens with zero attached hydrogens (tertiary/aromatic N) is 3. The number of rotatable bonds is 3. The normalized spacial score (nSPS) is 27.6. The number of nitrogens with one attached hydrogen (secondary N) is 2. The summed E-state index contributed by atoms with van der Waals surface area (Å²) in [6, 6.07) is 2.86. The van der Waals surface area contributed by atoms with Crippen LogP contribution in [0.4, 0.5) is 5.69 Å². The summed E-state index contributed by atoms with van der Waals surface area (Å²) >= 11 is 0. The van der Waals surface area contributed by atoms with Gasteiger partial charge in [0, 0.05) is 43.6 Å². The quantitative estimate of drug-likeness (QED) is 0.829. The van der Waals surface area contributed by atoms with Gasteiger partial charge in [-0.1, -0.05) is 0 Å². The summed E-state index contributed by atoms with van der Waals surface area (Å²) in [5.41, 5.74) is 1.84. The van der Waals surface area contributed by atoms with Crippen LogP contribution < -0.4 is 15.5 Å². The van der Waals surface area contributed by atoms with E-state index in [1.54, 1.807) is 23.4 Å². The van der Waals surface area contributed by atoms with Gasteiger partial charge in [0.25, 0.3) is 5.91 Å². The average molecular weight is 369 g/mol. The predicted molar refractivity (Wildman–Crippen MR) is 99.7 cm³/mol. The predicted octanol–water partition coefficient (Wildman–Crippen LogP) is 0.729. The van der Waals surface area contributed by atoms with Gasteiger partial charge in [-0.05, 0) is 25.3 Å². The molecule has 2 amide bonds. The maximum absolute atomic E-state index is 12.7. The smallest absolute Gasteiger partial charge is 0.270 e. The third-order valence-corrected chi connectivity index (χ3v) is 6.09. The lowest BCUT2D eigenvalue weighted by Gasteiger charge is -2.32. The Balaban J connectivity index is 1.38. The van der Waals surface area contributed by atoms with Crippen LogP contribution in [0.15, 0.2) is 22.9 Å². The molecule has 27 heavy (non-hydrogen) atoms. The largest absolute Gasteiger partial charge is 0.460 e. The summed E-state index contributed by atoms with van der Waals surface area (Å²) in [6.45, 7) is 1.71. The molecule has 0 saturated carbocycles. The lowest BCUT2D eigenvalue weighted by Crippen LogP contribution is -2.48. The fourth-order valence-electron chi connectivity index (χ4n) is 4.48. The van der Waals surface area contributed by atoms with Gasteiger partial charge in [0.2, 0.25) is 5.91 Å². The molecule has 142 valence electrons. The standard InChI is InChI=1S/C19H23N5O3/c1-23-4-5-24(9-18(23)25)16-10-27-17-8-20-15(7-12(16)17)19(26)22-14-6-11-2-3-13(14)21-11/h7-8,10-11,13-14,21H,2-6,9H2,1H3,(H,22,26)/t11-,13+,14-/m1/s1. The first kappa shape index (κ1) is 16.6. The number of pyridine rings is 1. The zero-order valence-corrected chi connectivity index (χ0v) is 15.3. The molecule has 3 saturated heterocycles. The third kappa shape index (κ3) is 2.84. The van der Waals surface area contributed by atoms with E-state index >= 15 is 0 Å². The van der Waals surface area contributed by atoms with E-state index in [0.717, 1.165) is 30.5 Å². The van der Waals surface area contributed by atoms with E-state index < -0.39 is 0 Å². The highest BCUT2D eigenvalue weighted by atomic mass is 16.3.